The Morgan fingerprint density at radius 2 is 1.87 bits per heavy atom. The van der Waals surface area contributed by atoms with Crippen LogP contribution in [-0.2, 0) is 31.0 Å². The normalized spacial score (nSPS) is 26.3. The summed E-state index contributed by atoms with van der Waals surface area (Å²) in [6, 6.07) is 12.5. The molecule has 2 aromatic heterocycles. The highest BCUT2D eigenvalue weighted by atomic mass is 35.5. The zero-order valence-corrected chi connectivity index (χ0v) is 31.7. The van der Waals surface area contributed by atoms with E-state index in [0.29, 0.717) is 22.1 Å². The first-order chi connectivity index (χ1) is 25.8. The van der Waals surface area contributed by atoms with E-state index in [1.54, 1.807) is 56.5 Å². The van der Waals surface area contributed by atoms with Gasteiger partial charge in [0.05, 0.1) is 34.7 Å². The van der Waals surface area contributed by atoms with Crippen molar-refractivity contribution < 1.29 is 38.9 Å². The number of aromatic hydroxyl groups is 1. The first kappa shape index (κ1) is 36.0. The minimum atomic E-state index is -1.39. The SMILES string of the molecule is CCOc1cccc(C2C3=CCC4C(=O)N(CCCC(=O)O)C(=O)C4C3CC3C(=O)N(c4cc(-c5sc6ccc(Cl)cc6c5C)nn4C)C(=O)C32C)c1O. The molecule has 2 saturated heterocycles. The standard InChI is InChI=1S/C40H39ClN4O8S/c1-5-53-28-9-6-8-23(34(28)48)33-21-12-13-22-32(38(51)44(36(22)49)15-7-10-31(46)47)25(21)17-26-37(50)45(39(52)40(26,33)3)30-18-27(42-43(30)4)35-19(2)24-16-20(41)11-14-29(24)54-35/h6,8-9,11-12,14,16,18,22,25-26,32-33,48H,5,7,10,13,15,17H2,1-4H3,(H,46,47). The number of amides is 4. The van der Waals surface area contributed by atoms with Crippen molar-refractivity contribution in [2.24, 2.45) is 36.1 Å². The molecule has 4 aromatic rings. The summed E-state index contributed by atoms with van der Waals surface area (Å²) in [6.45, 7) is 5.81. The van der Waals surface area contributed by atoms with E-state index in [-0.39, 0.29) is 56.2 Å². The van der Waals surface area contributed by atoms with Gasteiger partial charge in [-0.25, -0.2) is 4.90 Å². The van der Waals surface area contributed by atoms with Crippen LogP contribution in [0.2, 0.25) is 5.02 Å². The lowest BCUT2D eigenvalue weighted by atomic mass is 9.51. The number of hydrogen-bond acceptors (Lipinski definition) is 9. The van der Waals surface area contributed by atoms with Gasteiger partial charge in [0.1, 0.15) is 11.5 Å². The number of imide groups is 2. The molecular weight excluding hydrogens is 732 g/mol. The van der Waals surface area contributed by atoms with Crippen molar-refractivity contribution in [2.45, 2.75) is 52.4 Å². The predicted molar refractivity (Wildman–Crippen MR) is 201 cm³/mol. The maximum Gasteiger partial charge on any atom is 0.303 e. The van der Waals surface area contributed by atoms with Gasteiger partial charge in [0, 0.05) is 47.3 Å². The summed E-state index contributed by atoms with van der Waals surface area (Å²) < 4.78 is 8.31. The summed E-state index contributed by atoms with van der Waals surface area (Å²) in [5, 5.41) is 27.3. The van der Waals surface area contributed by atoms with Gasteiger partial charge in [0.2, 0.25) is 23.6 Å². The van der Waals surface area contributed by atoms with E-state index in [9.17, 15) is 29.4 Å². The van der Waals surface area contributed by atoms with Gasteiger partial charge in [-0.3, -0.25) is 33.6 Å². The molecule has 12 nitrogen and oxygen atoms in total. The number of likely N-dealkylation sites (tertiary alicyclic amines) is 1. The number of benzene rings is 2. The molecule has 2 aromatic carbocycles. The maximum absolute atomic E-state index is 15.1. The van der Waals surface area contributed by atoms with Crippen LogP contribution in [0.3, 0.4) is 0 Å². The van der Waals surface area contributed by atoms with E-state index >= 15 is 4.79 Å². The number of thiophene rings is 1. The molecule has 6 unspecified atom stereocenters. The fourth-order valence-corrected chi connectivity index (χ4v) is 10.8. The van der Waals surface area contributed by atoms with Crippen LogP contribution >= 0.6 is 22.9 Å². The average Bonchev–Trinajstić information content (AvgIpc) is 3.80. The van der Waals surface area contributed by atoms with Crippen molar-refractivity contribution >= 4 is 68.4 Å². The molecule has 4 aliphatic rings. The molecule has 54 heavy (non-hydrogen) atoms. The lowest BCUT2D eigenvalue weighted by molar-refractivity contribution is -0.142. The number of ether oxygens (including phenoxy) is 1. The Kier molecular flexibility index (Phi) is 8.72. The van der Waals surface area contributed by atoms with Gasteiger partial charge in [0.25, 0.3) is 0 Å². The van der Waals surface area contributed by atoms with Gasteiger partial charge in [-0.15, -0.1) is 11.3 Å². The van der Waals surface area contributed by atoms with Gasteiger partial charge in [-0.05, 0) is 81.2 Å². The molecule has 8 rings (SSSR count). The third kappa shape index (κ3) is 5.22. The highest BCUT2D eigenvalue weighted by Gasteiger charge is 2.68. The van der Waals surface area contributed by atoms with Gasteiger partial charge >= 0.3 is 5.97 Å². The Morgan fingerprint density at radius 3 is 2.61 bits per heavy atom. The van der Waals surface area contributed by atoms with Gasteiger partial charge in [0.15, 0.2) is 11.5 Å². The van der Waals surface area contributed by atoms with Gasteiger partial charge in [-0.1, -0.05) is 35.4 Å². The molecule has 2 N–H and O–H groups in total. The van der Waals surface area contributed by atoms with Crippen molar-refractivity contribution in [1.29, 1.82) is 0 Å². The van der Waals surface area contributed by atoms with E-state index in [2.05, 4.69) is 0 Å². The Morgan fingerprint density at radius 1 is 1.09 bits per heavy atom. The van der Waals surface area contributed by atoms with Crippen LogP contribution in [0.4, 0.5) is 5.82 Å². The van der Waals surface area contributed by atoms with Crippen molar-refractivity contribution in [1.82, 2.24) is 14.7 Å². The summed E-state index contributed by atoms with van der Waals surface area (Å²) in [5.74, 6) is -6.11. The molecule has 2 aliphatic carbocycles. The minimum Gasteiger partial charge on any atom is -0.504 e. The summed E-state index contributed by atoms with van der Waals surface area (Å²) >= 11 is 7.85. The number of aryl methyl sites for hydroxylation is 2. The van der Waals surface area contributed by atoms with E-state index in [0.717, 1.165) is 26.1 Å². The first-order valence-corrected chi connectivity index (χ1v) is 19.3. The molecule has 4 amide bonds. The maximum atomic E-state index is 15.1. The van der Waals surface area contributed by atoms with E-state index in [1.807, 2.05) is 31.2 Å². The van der Waals surface area contributed by atoms with Crippen LogP contribution in [0.1, 0.15) is 56.6 Å². The molecule has 3 fully saturated rings. The van der Waals surface area contributed by atoms with Crippen LogP contribution in [-0.4, -0.2) is 67.6 Å². The van der Waals surface area contributed by atoms with Crippen LogP contribution in [0.15, 0.2) is 54.1 Å². The van der Waals surface area contributed by atoms with Crippen LogP contribution in [0.5, 0.6) is 11.5 Å². The molecule has 0 bridgehead atoms. The number of carboxylic acids is 1. The Bertz CT molecular complexity index is 2330. The Hall–Kier alpha value is -5.01. The van der Waals surface area contributed by atoms with Crippen molar-refractivity contribution in [3.8, 4) is 22.1 Å². The smallest absolute Gasteiger partial charge is 0.303 e. The Labute approximate surface area is 319 Å². The summed E-state index contributed by atoms with van der Waals surface area (Å²) in [4.78, 5) is 72.2. The second kappa shape index (κ2) is 13.1. The fourth-order valence-electron chi connectivity index (χ4n) is 9.51. The number of anilines is 1. The topological polar surface area (TPSA) is 159 Å². The Balaban J connectivity index is 1.23. The van der Waals surface area contributed by atoms with E-state index in [1.165, 1.54) is 14.5 Å². The molecular formula is C40H39ClN4O8S. The van der Waals surface area contributed by atoms with Crippen molar-refractivity contribution in [3.05, 3.63) is 70.3 Å². The number of fused-ring (bicyclic) bond motifs is 5. The molecule has 14 heteroatoms. The average molecular weight is 771 g/mol. The van der Waals surface area contributed by atoms with Crippen LogP contribution in [0.25, 0.3) is 20.7 Å². The number of aromatic nitrogens is 2. The zero-order chi connectivity index (χ0) is 38.4. The molecule has 0 spiro atoms. The number of allylic oxidation sites excluding steroid dienone is 2. The van der Waals surface area contributed by atoms with E-state index in [4.69, 9.17) is 21.4 Å². The highest BCUT2D eigenvalue weighted by Crippen LogP contribution is 2.65. The summed E-state index contributed by atoms with van der Waals surface area (Å²) in [5.41, 5.74) is 1.30. The molecule has 1 saturated carbocycles. The number of rotatable bonds is 9. The number of phenols is 1. The van der Waals surface area contributed by atoms with Gasteiger partial charge in [-0.2, -0.15) is 5.10 Å². The third-order valence-corrected chi connectivity index (χ3v) is 13.5. The lowest BCUT2D eigenvalue weighted by Gasteiger charge is -2.49. The number of carboxylic acid groups (broad SMARTS) is 1. The fraction of sp³-hybridized carbons (Fsp3) is 0.400. The second-order valence-corrected chi connectivity index (χ2v) is 16.3. The molecule has 280 valence electrons. The van der Waals surface area contributed by atoms with Crippen LogP contribution < -0.4 is 9.64 Å². The quantitative estimate of drug-likeness (QED) is 0.144. The molecule has 2 aliphatic heterocycles. The van der Waals surface area contributed by atoms with E-state index < -0.39 is 58.7 Å². The number of carbonyl (C=O) groups is 5. The predicted octanol–water partition coefficient (Wildman–Crippen LogP) is 6.46. The number of aliphatic carboxylic acids is 1. The monoisotopic (exact) mass is 770 g/mol. The number of para-hydroxylation sites is 1. The first-order valence-electron chi connectivity index (χ1n) is 18.1. The number of nitrogens with zero attached hydrogens (tertiary/aromatic N) is 4. The number of phenolic OH excluding ortho intramolecular Hbond substituents is 1. The molecule has 0 radical (unpaired) electrons. The molecule has 6 atom stereocenters. The summed E-state index contributed by atoms with van der Waals surface area (Å²) in [7, 11) is 1.69. The minimum absolute atomic E-state index is 0.0128. The third-order valence-electron chi connectivity index (χ3n) is 12.0. The number of hydrogen-bond donors (Lipinski definition) is 2. The van der Waals surface area contributed by atoms with Crippen molar-refractivity contribution in [3.63, 3.8) is 0 Å². The van der Waals surface area contributed by atoms with Gasteiger partial charge < -0.3 is 14.9 Å². The van der Waals surface area contributed by atoms with Crippen molar-refractivity contribution in [2.75, 3.05) is 18.1 Å². The number of halogens is 1. The second-order valence-electron chi connectivity index (χ2n) is 14.8. The molecule has 4 heterocycles. The highest BCUT2D eigenvalue weighted by molar-refractivity contribution is 7.22. The lowest BCUT2D eigenvalue weighted by Crippen LogP contribution is -2.49. The zero-order valence-electron chi connectivity index (χ0n) is 30.2. The largest absolute Gasteiger partial charge is 0.504 e. The van der Waals surface area contributed by atoms with Crippen LogP contribution in [0, 0.1) is 36.0 Å². The number of carbonyl (C=O) groups excluding carboxylic acids is 4. The summed E-state index contributed by atoms with van der Waals surface area (Å²) in [6.07, 6.45) is 2.22.